The molecular weight excluding hydrogens is 464 g/mol. The lowest BCUT2D eigenvalue weighted by Crippen LogP contribution is -2.45. The first-order valence-corrected chi connectivity index (χ1v) is 12.7. The molecular formula is C29H32N6O2. The van der Waals surface area contributed by atoms with E-state index in [-0.39, 0.29) is 12.3 Å². The summed E-state index contributed by atoms with van der Waals surface area (Å²) in [5.41, 5.74) is 11.7. The molecule has 0 bridgehead atoms. The highest BCUT2D eigenvalue weighted by molar-refractivity contribution is 6.03. The van der Waals surface area contributed by atoms with E-state index < -0.39 is 5.54 Å². The van der Waals surface area contributed by atoms with Crippen LogP contribution in [0.3, 0.4) is 0 Å². The Kier molecular flexibility index (Phi) is 6.46. The van der Waals surface area contributed by atoms with Crippen LogP contribution in [-0.2, 0) is 18.5 Å². The summed E-state index contributed by atoms with van der Waals surface area (Å²) < 4.78 is 5.32. The Labute approximate surface area is 217 Å². The number of hydrogen-bond donors (Lipinski definition) is 2. The Morgan fingerprint density at radius 2 is 1.89 bits per heavy atom. The van der Waals surface area contributed by atoms with Crippen molar-refractivity contribution in [3.05, 3.63) is 70.0 Å². The molecule has 1 aliphatic carbocycles. The van der Waals surface area contributed by atoms with Crippen molar-refractivity contribution in [2.45, 2.75) is 64.5 Å². The maximum atomic E-state index is 14.1. The van der Waals surface area contributed by atoms with Crippen LogP contribution >= 0.6 is 0 Å². The largest absolute Gasteiger partial charge is 0.497 e. The Morgan fingerprint density at radius 1 is 1.16 bits per heavy atom. The molecule has 1 aromatic heterocycles. The van der Waals surface area contributed by atoms with E-state index in [9.17, 15) is 10.1 Å². The number of benzene rings is 2. The number of aryl methyl sites for hydroxylation is 1. The summed E-state index contributed by atoms with van der Waals surface area (Å²) in [6.45, 7) is 4.35. The highest BCUT2D eigenvalue weighted by atomic mass is 16.5. The van der Waals surface area contributed by atoms with E-state index >= 15 is 0 Å². The number of methoxy groups -OCH3 is 1. The van der Waals surface area contributed by atoms with Gasteiger partial charge in [0, 0.05) is 23.4 Å². The van der Waals surface area contributed by atoms with Crippen LogP contribution in [0.2, 0.25) is 0 Å². The zero-order chi connectivity index (χ0) is 26.2. The summed E-state index contributed by atoms with van der Waals surface area (Å²) in [5.74, 6) is 1.83. The van der Waals surface area contributed by atoms with Gasteiger partial charge in [-0.15, -0.1) is 0 Å². The van der Waals surface area contributed by atoms with Crippen LogP contribution in [0.25, 0.3) is 0 Å². The number of ether oxygens (including phenoxy) is 1. The average Bonchev–Trinajstić information content (AvgIpc) is 3.13. The normalized spacial score (nSPS) is 15.9. The molecule has 0 atom stereocenters. The predicted octanol–water partition coefficient (Wildman–Crippen LogP) is 5.31. The van der Waals surface area contributed by atoms with Gasteiger partial charge in [-0.25, -0.2) is 9.97 Å². The molecule has 8 nitrogen and oxygen atoms in total. The number of fused-ring (bicyclic) bond motifs is 2. The molecule has 1 aliphatic heterocycles. The summed E-state index contributed by atoms with van der Waals surface area (Å²) in [5, 5.41) is 13.3. The second-order valence-electron chi connectivity index (χ2n) is 9.99. The van der Waals surface area contributed by atoms with Gasteiger partial charge in [-0.2, -0.15) is 5.26 Å². The van der Waals surface area contributed by atoms with Crippen molar-refractivity contribution in [2.75, 3.05) is 18.2 Å². The number of carbonyl (C=O) groups excluding carboxylic acids is 1. The summed E-state index contributed by atoms with van der Waals surface area (Å²) in [7, 11) is 1.65. The molecule has 1 fully saturated rings. The van der Waals surface area contributed by atoms with Crippen LogP contribution in [0.5, 0.6) is 5.75 Å². The summed E-state index contributed by atoms with van der Waals surface area (Å²) in [4.78, 5) is 24.6. The van der Waals surface area contributed by atoms with E-state index in [4.69, 9.17) is 10.5 Å². The van der Waals surface area contributed by atoms with E-state index in [1.54, 1.807) is 7.11 Å². The van der Waals surface area contributed by atoms with Gasteiger partial charge in [0.25, 0.3) is 5.91 Å². The van der Waals surface area contributed by atoms with Crippen molar-refractivity contribution in [2.24, 2.45) is 0 Å². The number of nitrogen functional groups attached to an aromatic ring is 1. The lowest BCUT2D eigenvalue weighted by molar-refractivity contribution is 0.0385. The average molecular weight is 497 g/mol. The number of hydrogen-bond acceptors (Lipinski definition) is 7. The smallest absolute Gasteiger partial charge is 0.255 e. The van der Waals surface area contributed by atoms with Gasteiger partial charge >= 0.3 is 0 Å². The standard InChI is InChI=1S/C29H32N6O2/c1-18-15-23(34-27-19(2)26(31)32-17-33-27)22(11-14-30)25-24(18)28(36)35(29(25)12-5-4-6-13-29)16-20-7-9-21(37-3)10-8-20/h7-10,15,17H,4-6,11-13,16H2,1-3H3,(H3,31,32,33,34). The molecule has 1 saturated carbocycles. The van der Waals surface area contributed by atoms with Crippen molar-refractivity contribution < 1.29 is 9.53 Å². The van der Waals surface area contributed by atoms with Crippen molar-refractivity contribution >= 4 is 23.2 Å². The molecule has 8 heteroatoms. The number of nitriles is 1. The number of anilines is 3. The molecule has 0 unspecified atom stereocenters. The number of nitrogens with two attached hydrogens (primary N) is 1. The summed E-state index contributed by atoms with van der Waals surface area (Å²) >= 11 is 0. The third kappa shape index (κ3) is 4.14. The van der Waals surface area contributed by atoms with Gasteiger partial charge in [0.15, 0.2) is 0 Å². The Bertz CT molecular complexity index is 1390. The number of rotatable bonds is 6. The number of amides is 1. The molecule has 190 valence electrons. The van der Waals surface area contributed by atoms with Gasteiger partial charge in [0.2, 0.25) is 0 Å². The van der Waals surface area contributed by atoms with Crippen LogP contribution in [0.4, 0.5) is 17.3 Å². The summed E-state index contributed by atoms with van der Waals surface area (Å²) in [6, 6.07) is 12.2. The second-order valence-corrected chi connectivity index (χ2v) is 9.99. The van der Waals surface area contributed by atoms with E-state index in [2.05, 4.69) is 26.3 Å². The van der Waals surface area contributed by atoms with Gasteiger partial charge in [-0.05, 0) is 67.1 Å². The molecule has 2 aromatic carbocycles. The topological polar surface area (TPSA) is 117 Å². The first-order valence-electron chi connectivity index (χ1n) is 12.7. The Hall–Kier alpha value is -4.12. The number of nitrogens with zero attached hydrogens (tertiary/aromatic N) is 4. The quantitative estimate of drug-likeness (QED) is 0.475. The van der Waals surface area contributed by atoms with E-state index in [1.165, 1.54) is 6.33 Å². The molecule has 37 heavy (non-hydrogen) atoms. The fourth-order valence-electron chi connectivity index (χ4n) is 6.00. The molecule has 0 saturated heterocycles. The third-order valence-corrected chi connectivity index (χ3v) is 7.89. The van der Waals surface area contributed by atoms with E-state index in [0.717, 1.165) is 76.9 Å². The fraction of sp³-hybridized carbons (Fsp3) is 0.379. The molecule has 1 spiro atoms. The zero-order valence-corrected chi connectivity index (χ0v) is 21.6. The highest BCUT2D eigenvalue weighted by Gasteiger charge is 2.52. The molecule has 2 aliphatic rings. The summed E-state index contributed by atoms with van der Waals surface area (Å²) in [6.07, 6.45) is 6.59. The van der Waals surface area contributed by atoms with E-state index in [1.807, 2.05) is 44.2 Å². The zero-order valence-electron chi connectivity index (χ0n) is 21.6. The molecule has 0 radical (unpaired) electrons. The van der Waals surface area contributed by atoms with E-state index in [0.29, 0.717) is 18.2 Å². The fourth-order valence-corrected chi connectivity index (χ4v) is 6.00. The van der Waals surface area contributed by atoms with Gasteiger partial charge in [-0.1, -0.05) is 31.4 Å². The first-order chi connectivity index (χ1) is 17.9. The second kappa shape index (κ2) is 9.74. The van der Waals surface area contributed by atoms with Crippen LogP contribution in [0, 0.1) is 25.2 Å². The maximum absolute atomic E-state index is 14.1. The monoisotopic (exact) mass is 496 g/mol. The van der Waals surface area contributed by atoms with Crippen molar-refractivity contribution in [3.8, 4) is 11.8 Å². The number of aromatic nitrogens is 2. The maximum Gasteiger partial charge on any atom is 0.255 e. The molecule has 5 rings (SSSR count). The van der Waals surface area contributed by atoms with Gasteiger partial charge in [0.1, 0.15) is 23.7 Å². The van der Waals surface area contributed by atoms with Crippen LogP contribution in [-0.4, -0.2) is 27.9 Å². The van der Waals surface area contributed by atoms with Gasteiger partial charge in [-0.3, -0.25) is 4.79 Å². The van der Waals surface area contributed by atoms with Crippen molar-refractivity contribution in [3.63, 3.8) is 0 Å². The lowest BCUT2D eigenvalue weighted by Gasteiger charge is -2.43. The third-order valence-electron chi connectivity index (χ3n) is 7.89. The van der Waals surface area contributed by atoms with Gasteiger partial charge < -0.3 is 20.7 Å². The Morgan fingerprint density at radius 3 is 2.57 bits per heavy atom. The van der Waals surface area contributed by atoms with Crippen molar-refractivity contribution in [1.29, 1.82) is 5.26 Å². The lowest BCUT2D eigenvalue weighted by atomic mass is 9.73. The first kappa shape index (κ1) is 24.6. The minimum atomic E-state index is -0.445. The van der Waals surface area contributed by atoms with Crippen LogP contribution in [0.15, 0.2) is 36.7 Å². The number of nitrogens with one attached hydrogen (secondary N) is 1. The van der Waals surface area contributed by atoms with Crippen LogP contribution < -0.4 is 15.8 Å². The molecule has 2 heterocycles. The molecule has 3 N–H and O–H groups in total. The highest BCUT2D eigenvalue weighted by Crippen LogP contribution is 2.53. The number of carbonyl (C=O) groups is 1. The predicted molar refractivity (Wildman–Crippen MR) is 143 cm³/mol. The van der Waals surface area contributed by atoms with Gasteiger partial charge in [0.05, 0.1) is 25.1 Å². The molecule has 1 amide bonds. The molecule has 3 aromatic rings. The van der Waals surface area contributed by atoms with Crippen LogP contribution in [0.1, 0.15) is 70.3 Å². The SMILES string of the molecule is COc1ccc(CN2C(=O)c3c(C)cc(Nc4ncnc(N)c4C)c(CC#N)c3C23CCCCC3)cc1. The Balaban J connectivity index is 1.66. The minimum Gasteiger partial charge on any atom is -0.497 e. The van der Waals surface area contributed by atoms with Crippen molar-refractivity contribution in [1.82, 2.24) is 14.9 Å². The minimum absolute atomic E-state index is 0.0402.